The van der Waals surface area contributed by atoms with Gasteiger partial charge in [0.25, 0.3) is 5.56 Å². The predicted octanol–water partition coefficient (Wildman–Crippen LogP) is 4.46. The van der Waals surface area contributed by atoms with Crippen LogP contribution in [-0.4, -0.2) is 34.6 Å². The molecule has 0 spiro atoms. The van der Waals surface area contributed by atoms with Crippen LogP contribution in [0.3, 0.4) is 0 Å². The lowest BCUT2D eigenvalue weighted by Crippen LogP contribution is -2.32. The van der Waals surface area contributed by atoms with E-state index in [1.165, 1.54) is 11.8 Å². The Bertz CT molecular complexity index is 1080. The lowest BCUT2D eigenvalue weighted by molar-refractivity contribution is -0.116. The van der Waals surface area contributed by atoms with Crippen molar-refractivity contribution < 1.29 is 4.79 Å². The second kappa shape index (κ2) is 9.14. The van der Waals surface area contributed by atoms with Crippen molar-refractivity contribution in [1.82, 2.24) is 9.97 Å². The number of carbonyl (C=O) groups excluding carboxylic acids is 1. The number of Topliss-reactive ketones (excluding diaryl/α,β-unsaturated/α-hetero) is 1. The molecule has 1 aromatic heterocycles. The lowest BCUT2D eigenvalue weighted by Gasteiger charge is -2.33. The van der Waals surface area contributed by atoms with Crippen LogP contribution in [0, 0.1) is 0 Å². The molecule has 1 aromatic carbocycles. The van der Waals surface area contributed by atoms with Gasteiger partial charge in [-0.2, -0.15) is 0 Å². The van der Waals surface area contributed by atoms with Gasteiger partial charge in [-0.15, -0.1) is 6.58 Å². The van der Waals surface area contributed by atoms with Gasteiger partial charge in [0.1, 0.15) is 5.82 Å². The number of aromatic nitrogens is 2. The number of rotatable bonds is 7. The van der Waals surface area contributed by atoms with Crippen molar-refractivity contribution in [2.45, 2.75) is 44.2 Å². The Morgan fingerprint density at radius 1 is 1.19 bits per heavy atom. The van der Waals surface area contributed by atoms with E-state index < -0.39 is 5.92 Å². The average molecular weight is 437 g/mol. The molecule has 7 heteroatoms. The minimum Gasteiger partial charge on any atom is -0.372 e. The van der Waals surface area contributed by atoms with Gasteiger partial charge in [0.05, 0.1) is 5.56 Å². The van der Waals surface area contributed by atoms with Crippen LogP contribution in [0.1, 0.15) is 50.2 Å². The number of nitrogens with one attached hydrogen (secondary N) is 2. The number of fused-ring (bicyclic) bond motifs is 1. The molecular weight excluding hydrogens is 408 g/mol. The summed E-state index contributed by atoms with van der Waals surface area (Å²) >= 11 is 1.43. The Hall–Kier alpha value is -2.80. The number of thioether (sulfide) groups is 1. The topological polar surface area (TPSA) is 78.1 Å². The zero-order chi connectivity index (χ0) is 22.0. The molecule has 2 N–H and O–H groups in total. The van der Waals surface area contributed by atoms with Crippen molar-refractivity contribution in [3.63, 3.8) is 0 Å². The van der Waals surface area contributed by atoms with Crippen LogP contribution in [0.2, 0.25) is 0 Å². The van der Waals surface area contributed by atoms with Gasteiger partial charge < -0.3 is 15.2 Å². The summed E-state index contributed by atoms with van der Waals surface area (Å²) in [6.45, 7) is 9.84. The third-order valence-electron chi connectivity index (χ3n) is 5.93. The molecule has 162 valence electrons. The highest BCUT2D eigenvalue weighted by atomic mass is 32.2. The molecule has 6 nitrogen and oxygen atoms in total. The second-order valence-electron chi connectivity index (χ2n) is 7.72. The molecule has 1 atom stereocenters. The van der Waals surface area contributed by atoms with Crippen LogP contribution in [0.4, 0.5) is 11.5 Å². The highest BCUT2D eigenvalue weighted by Crippen LogP contribution is 2.43. The summed E-state index contributed by atoms with van der Waals surface area (Å²) in [7, 11) is 0. The van der Waals surface area contributed by atoms with Gasteiger partial charge in [-0.05, 0) is 44.4 Å². The first-order valence-electron chi connectivity index (χ1n) is 10.8. The summed E-state index contributed by atoms with van der Waals surface area (Å²) in [5.74, 6) is 0.924. The van der Waals surface area contributed by atoms with E-state index in [0.29, 0.717) is 34.3 Å². The Balaban J connectivity index is 1.83. The normalized spacial score (nSPS) is 17.6. The summed E-state index contributed by atoms with van der Waals surface area (Å²) in [5, 5.41) is 3.87. The van der Waals surface area contributed by atoms with Gasteiger partial charge in [0.15, 0.2) is 10.9 Å². The van der Waals surface area contributed by atoms with E-state index in [0.717, 1.165) is 42.9 Å². The third-order valence-corrected chi connectivity index (χ3v) is 6.80. The molecule has 1 unspecified atom stereocenters. The summed E-state index contributed by atoms with van der Waals surface area (Å²) in [6, 6.07) is 8.24. The molecule has 0 amide bonds. The van der Waals surface area contributed by atoms with E-state index in [1.807, 2.05) is 12.1 Å². The molecule has 31 heavy (non-hydrogen) atoms. The summed E-state index contributed by atoms with van der Waals surface area (Å²) < 4.78 is 0. The molecule has 1 aliphatic heterocycles. The van der Waals surface area contributed by atoms with Crippen LogP contribution in [-0.2, 0) is 4.79 Å². The molecule has 0 fully saturated rings. The molecule has 4 rings (SSSR count). The molecule has 0 radical (unpaired) electrons. The van der Waals surface area contributed by atoms with Crippen LogP contribution < -0.4 is 15.8 Å². The van der Waals surface area contributed by atoms with Crippen molar-refractivity contribution >= 4 is 29.1 Å². The first-order chi connectivity index (χ1) is 15.1. The fraction of sp³-hybridized carbons (Fsp3) is 0.375. The maximum Gasteiger partial charge on any atom is 0.257 e. The molecule has 0 saturated heterocycles. The first kappa shape index (κ1) is 21.4. The summed E-state index contributed by atoms with van der Waals surface area (Å²) in [6.07, 6.45) is 3.90. The van der Waals surface area contributed by atoms with Gasteiger partial charge in [-0.25, -0.2) is 4.98 Å². The number of anilines is 2. The highest BCUT2D eigenvalue weighted by molar-refractivity contribution is 7.99. The van der Waals surface area contributed by atoms with E-state index in [4.69, 9.17) is 0 Å². The monoisotopic (exact) mass is 436 g/mol. The van der Waals surface area contributed by atoms with Gasteiger partial charge in [0.2, 0.25) is 0 Å². The third kappa shape index (κ3) is 4.06. The standard InChI is InChI=1S/C24H28N4O2S/c1-4-14-31-24-26-22-21(23(30)27-24)19(20-17(25-22)8-7-9-18(20)29)15-10-12-16(13-11-15)28(5-2)6-3/h4,10-13,19H,1,5-9,14H2,2-3H3,(H2,25,26,27,30). The minimum absolute atomic E-state index is 0.113. The predicted molar refractivity (Wildman–Crippen MR) is 127 cm³/mol. The van der Waals surface area contributed by atoms with Crippen LogP contribution in [0.5, 0.6) is 0 Å². The largest absolute Gasteiger partial charge is 0.372 e. The number of hydrogen-bond donors (Lipinski definition) is 2. The Kier molecular flexibility index (Phi) is 6.32. The zero-order valence-electron chi connectivity index (χ0n) is 18.0. The quantitative estimate of drug-likeness (QED) is 0.379. The maximum absolute atomic E-state index is 13.2. The van der Waals surface area contributed by atoms with E-state index in [1.54, 1.807) is 6.08 Å². The van der Waals surface area contributed by atoms with E-state index in [9.17, 15) is 9.59 Å². The number of allylic oxidation sites excluding steroid dienone is 2. The molecule has 2 aliphatic rings. The Morgan fingerprint density at radius 3 is 2.61 bits per heavy atom. The van der Waals surface area contributed by atoms with Gasteiger partial charge in [-0.1, -0.05) is 30.0 Å². The van der Waals surface area contributed by atoms with Gasteiger partial charge in [-0.3, -0.25) is 9.59 Å². The van der Waals surface area contributed by atoms with Crippen LogP contribution >= 0.6 is 11.8 Å². The zero-order valence-corrected chi connectivity index (χ0v) is 18.8. The first-order valence-corrected chi connectivity index (χ1v) is 11.8. The number of hydrogen-bond acceptors (Lipinski definition) is 6. The number of H-pyrrole nitrogens is 1. The Morgan fingerprint density at radius 2 is 1.94 bits per heavy atom. The van der Waals surface area contributed by atoms with Crippen LogP contribution in [0.15, 0.2) is 58.1 Å². The molecule has 2 heterocycles. The fourth-order valence-electron chi connectivity index (χ4n) is 4.45. The maximum atomic E-state index is 13.2. The molecular formula is C24H28N4O2S. The van der Waals surface area contributed by atoms with Crippen molar-refractivity contribution in [2.24, 2.45) is 0 Å². The van der Waals surface area contributed by atoms with Crippen molar-refractivity contribution in [3.05, 3.63) is 69.7 Å². The molecule has 1 aliphatic carbocycles. The molecule has 2 aromatic rings. The number of ketones is 1. The average Bonchev–Trinajstić information content (AvgIpc) is 2.78. The summed E-state index contributed by atoms with van der Waals surface area (Å²) in [5.41, 5.74) is 4.02. The minimum atomic E-state index is -0.403. The number of nitrogens with zero attached hydrogens (tertiary/aromatic N) is 2. The van der Waals surface area contributed by atoms with Crippen molar-refractivity contribution in [3.8, 4) is 0 Å². The highest BCUT2D eigenvalue weighted by Gasteiger charge is 2.37. The summed E-state index contributed by atoms with van der Waals surface area (Å²) in [4.78, 5) is 36.0. The van der Waals surface area contributed by atoms with Gasteiger partial charge >= 0.3 is 0 Å². The molecule has 0 saturated carbocycles. The van der Waals surface area contributed by atoms with Crippen LogP contribution in [0.25, 0.3) is 0 Å². The van der Waals surface area contributed by atoms with E-state index in [-0.39, 0.29) is 11.3 Å². The van der Waals surface area contributed by atoms with E-state index in [2.05, 4.69) is 52.7 Å². The second-order valence-corrected chi connectivity index (χ2v) is 8.73. The number of carbonyl (C=O) groups is 1. The number of benzene rings is 1. The fourth-order valence-corrected chi connectivity index (χ4v) is 5.04. The van der Waals surface area contributed by atoms with Gasteiger partial charge in [0, 0.05) is 48.1 Å². The SMILES string of the molecule is C=CCSc1nc2c(c(=O)[nH]1)C(c1ccc(N(CC)CC)cc1)C1=C(CCCC1=O)N2. The lowest BCUT2D eigenvalue weighted by atomic mass is 9.76. The number of aromatic amines is 1. The van der Waals surface area contributed by atoms with Crippen molar-refractivity contribution in [2.75, 3.05) is 29.1 Å². The van der Waals surface area contributed by atoms with E-state index >= 15 is 0 Å². The van der Waals surface area contributed by atoms with Crippen molar-refractivity contribution in [1.29, 1.82) is 0 Å². The molecule has 0 bridgehead atoms. The Labute approximate surface area is 186 Å². The smallest absolute Gasteiger partial charge is 0.257 e.